The molecule has 21 heavy (non-hydrogen) atoms. The molecule has 0 radical (unpaired) electrons. The summed E-state index contributed by atoms with van der Waals surface area (Å²) < 4.78 is 22.3. The first-order chi connectivity index (χ1) is 9.83. The average molecular weight is 308 g/mol. The molecule has 3 rings (SSSR count). The molecule has 1 fully saturated rings. The van der Waals surface area contributed by atoms with Crippen LogP contribution >= 0.6 is 0 Å². The summed E-state index contributed by atoms with van der Waals surface area (Å²) in [5, 5.41) is 13.1. The second-order valence-corrected chi connectivity index (χ2v) is 7.11. The van der Waals surface area contributed by atoms with Gasteiger partial charge >= 0.3 is 0 Å². The zero-order chi connectivity index (χ0) is 15.2. The molecule has 1 atom stereocenters. The fraction of sp³-hybridized carbons (Fsp3) is 0.385. The van der Waals surface area contributed by atoms with Gasteiger partial charge in [-0.3, -0.25) is 9.89 Å². The van der Waals surface area contributed by atoms with Crippen LogP contribution in [0.2, 0.25) is 0 Å². The quantitative estimate of drug-likeness (QED) is 0.861. The second-order valence-electron chi connectivity index (χ2n) is 5.45. The summed E-state index contributed by atoms with van der Waals surface area (Å²) in [5.74, 6) is -0.515. The topological polar surface area (TPSA) is 109 Å². The van der Waals surface area contributed by atoms with Crippen molar-refractivity contribution in [1.82, 2.24) is 10.2 Å². The fourth-order valence-electron chi connectivity index (χ4n) is 2.77. The summed E-state index contributed by atoms with van der Waals surface area (Å²) in [6.45, 7) is 2.29. The van der Waals surface area contributed by atoms with Crippen molar-refractivity contribution in [1.29, 1.82) is 0 Å². The van der Waals surface area contributed by atoms with E-state index in [0.29, 0.717) is 6.54 Å². The molecule has 3 N–H and O–H groups in total. The van der Waals surface area contributed by atoms with Crippen LogP contribution in [0.4, 0.5) is 5.69 Å². The third-order valence-electron chi connectivity index (χ3n) is 3.71. The van der Waals surface area contributed by atoms with Gasteiger partial charge in [0.1, 0.15) is 0 Å². The highest BCUT2D eigenvalue weighted by molar-refractivity contribution is 7.89. The number of aromatic nitrogens is 2. The number of nitrogens with one attached hydrogen (secondary N) is 1. The Hall–Kier alpha value is -1.93. The number of amides is 1. The van der Waals surface area contributed by atoms with E-state index in [1.807, 2.05) is 25.1 Å². The molecular formula is C13H16N4O3S. The second kappa shape index (κ2) is 4.81. The van der Waals surface area contributed by atoms with Gasteiger partial charge in [0.15, 0.2) is 0 Å². The van der Waals surface area contributed by atoms with Gasteiger partial charge in [0, 0.05) is 35.7 Å². The van der Waals surface area contributed by atoms with Crippen LogP contribution in [0.1, 0.15) is 12.1 Å². The number of rotatable bonds is 3. The Kier molecular flexibility index (Phi) is 3.22. The van der Waals surface area contributed by atoms with E-state index in [0.717, 1.165) is 22.3 Å². The molecule has 112 valence electrons. The Morgan fingerprint density at radius 2 is 2.24 bits per heavy atom. The number of primary sulfonamides is 1. The largest absolute Gasteiger partial charge is 0.312 e. The van der Waals surface area contributed by atoms with Crippen molar-refractivity contribution in [2.75, 3.05) is 17.2 Å². The van der Waals surface area contributed by atoms with Crippen LogP contribution in [0.3, 0.4) is 0 Å². The molecule has 1 amide bonds. The van der Waals surface area contributed by atoms with Crippen LogP contribution in [0.15, 0.2) is 18.2 Å². The van der Waals surface area contributed by atoms with Crippen LogP contribution in [0.5, 0.6) is 0 Å². The first-order valence-electron chi connectivity index (χ1n) is 6.59. The molecule has 8 heteroatoms. The molecule has 0 saturated carbocycles. The molecule has 0 spiro atoms. The number of carbonyl (C=O) groups excluding carboxylic acids is 1. The number of nitrogens with two attached hydrogens (primary N) is 1. The number of nitrogens with zero attached hydrogens (tertiary/aromatic N) is 2. The number of aryl methyl sites for hydroxylation is 1. The summed E-state index contributed by atoms with van der Waals surface area (Å²) in [5.41, 5.74) is 2.49. The number of hydrogen-bond donors (Lipinski definition) is 2. The SMILES string of the molecule is Cc1[nH]nc2cc(N3CC(CS(N)(=O)=O)CC3=O)ccc12. The molecule has 1 aromatic heterocycles. The van der Waals surface area contributed by atoms with E-state index in [9.17, 15) is 13.2 Å². The number of fused-ring (bicyclic) bond motifs is 1. The maximum absolute atomic E-state index is 12.1. The van der Waals surface area contributed by atoms with Gasteiger partial charge in [-0.2, -0.15) is 5.10 Å². The van der Waals surface area contributed by atoms with Crippen molar-refractivity contribution in [2.45, 2.75) is 13.3 Å². The average Bonchev–Trinajstić information content (AvgIpc) is 2.91. The van der Waals surface area contributed by atoms with Crippen LogP contribution in [0.25, 0.3) is 10.9 Å². The normalized spacial score (nSPS) is 19.6. The molecule has 1 unspecified atom stereocenters. The standard InChI is InChI=1S/C13H16N4O3S/c1-8-11-3-2-10(5-12(11)16-15-8)17-6-9(4-13(17)18)7-21(14,19)20/h2-3,5,9H,4,6-7H2,1H3,(H,15,16)(H2,14,19,20). The predicted molar refractivity (Wildman–Crippen MR) is 79.3 cm³/mol. The minimum absolute atomic E-state index is 0.0877. The van der Waals surface area contributed by atoms with Crippen molar-refractivity contribution in [2.24, 2.45) is 11.1 Å². The van der Waals surface area contributed by atoms with Gasteiger partial charge in [-0.05, 0) is 25.1 Å². The Labute approximate surface area is 122 Å². The minimum Gasteiger partial charge on any atom is -0.312 e. The van der Waals surface area contributed by atoms with Crippen LogP contribution in [-0.2, 0) is 14.8 Å². The third-order valence-corrected chi connectivity index (χ3v) is 4.65. The summed E-state index contributed by atoms with van der Waals surface area (Å²) >= 11 is 0. The van der Waals surface area contributed by atoms with E-state index in [2.05, 4.69) is 10.2 Å². The molecule has 1 aromatic carbocycles. The fourth-order valence-corrected chi connectivity index (χ4v) is 3.65. The lowest BCUT2D eigenvalue weighted by atomic mass is 10.1. The van der Waals surface area contributed by atoms with E-state index in [-0.39, 0.29) is 24.0 Å². The van der Waals surface area contributed by atoms with Crippen molar-refractivity contribution < 1.29 is 13.2 Å². The molecule has 2 heterocycles. The Morgan fingerprint density at radius 3 is 2.95 bits per heavy atom. The number of anilines is 1. The number of hydrogen-bond acceptors (Lipinski definition) is 4. The van der Waals surface area contributed by atoms with Gasteiger partial charge in [-0.25, -0.2) is 13.6 Å². The number of sulfonamides is 1. The van der Waals surface area contributed by atoms with Crippen molar-refractivity contribution in [3.63, 3.8) is 0 Å². The summed E-state index contributed by atoms with van der Waals surface area (Å²) in [7, 11) is -3.56. The van der Waals surface area contributed by atoms with Crippen LogP contribution in [0, 0.1) is 12.8 Å². The van der Waals surface area contributed by atoms with Crippen molar-refractivity contribution in [3.8, 4) is 0 Å². The maximum Gasteiger partial charge on any atom is 0.227 e. The van der Waals surface area contributed by atoms with Crippen LogP contribution in [-0.4, -0.2) is 36.8 Å². The molecule has 2 aromatic rings. The van der Waals surface area contributed by atoms with E-state index in [4.69, 9.17) is 5.14 Å². The molecule has 0 aliphatic carbocycles. The number of aromatic amines is 1. The van der Waals surface area contributed by atoms with Gasteiger partial charge in [0.2, 0.25) is 15.9 Å². The van der Waals surface area contributed by atoms with Crippen molar-refractivity contribution >= 4 is 32.5 Å². The molecule has 1 aliphatic heterocycles. The lowest BCUT2D eigenvalue weighted by Crippen LogP contribution is -2.27. The lowest BCUT2D eigenvalue weighted by molar-refractivity contribution is -0.117. The van der Waals surface area contributed by atoms with Gasteiger partial charge in [-0.1, -0.05) is 0 Å². The first kappa shape index (κ1) is 14.0. The minimum atomic E-state index is -3.56. The predicted octanol–water partition coefficient (Wildman–Crippen LogP) is 0.513. The maximum atomic E-state index is 12.1. The Balaban J connectivity index is 1.87. The summed E-state index contributed by atoms with van der Waals surface area (Å²) in [4.78, 5) is 13.7. The molecule has 1 aliphatic rings. The molecule has 7 nitrogen and oxygen atoms in total. The zero-order valence-corrected chi connectivity index (χ0v) is 12.4. The van der Waals surface area contributed by atoms with Gasteiger partial charge in [0.25, 0.3) is 0 Å². The number of H-pyrrole nitrogens is 1. The summed E-state index contributed by atoms with van der Waals surface area (Å²) in [6, 6.07) is 5.59. The highest BCUT2D eigenvalue weighted by Crippen LogP contribution is 2.28. The smallest absolute Gasteiger partial charge is 0.227 e. The van der Waals surface area contributed by atoms with Gasteiger partial charge < -0.3 is 4.90 Å². The number of benzene rings is 1. The lowest BCUT2D eigenvalue weighted by Gasteiger charge is -2.16. The first-order valence-corrected chi connectivity index (χ1v) is 8.30. The Bertz CT molecular complexity index is 812. The number of carbonyl (C=O) groups is 1. The molecule has 0 bridgehead atoms. The molecule has 1 saturated heterocycles. The Morgan fingerprint density at radius 1 is 1.48 bits per heavy atom. The highest BCUT2D eigenvalue weighted by Gasteiger charge is 2.32. The highest BCUT2D eigenvalue weighted by atomic mass is 32.2. The van der Waals surface area contributed by atoms with E-state index in [1.54, 1.807) is 4.90 Å². The van der Waals surface area contributed by atoms with Crippen LogP contribution < -0.4 is 10.0 Å². The van der Waals surface area contributed by atoms with Crippen molar-refractivity contribution in [3.05, 3.63) is 23.9 Å². The molecular weight excluding hydrogens is 292 g/mol. The van der Waals surface area contributed by atoms with E-state index in [1.165, 1.54) is 0 Å². The van der Waals surface area contributed by atoms with Gasteiger partial charge in [-0.15, -0.1) is 0 Å². The van der Waals surface area contributed by atoms with E-state index >= 15 is 0 Å². The monoisotopic (exact) mass is 308 g/mol. The van der Waals surface area contributed by atoms with Gasteiger partial charge in [0.05, 0.1) is 11.3 Å². The zero-order valence-electron chi connectivity index (χ0n) is 11.5. The van der Waals surface area contributed by atoms with E-state index < -0.39 is 10.0 Å². The summed E-state index contributed by atoms with van der Waals surface area (Å²) in [6.07, 6.45) is 0.202. The third kappa shape index (κ3) is 2.77.